The molecule has 0 unspecified atom stereocenters. The summed E-state index contributed by atoms with van der Waals surface area (Å²) in [6, 6.07) is 9.61. The van der Waals surface area contributed by atoms with E-state index in [4.69, 9.17) is 9.84 Å². The number of hydrogen-bond donors (Lipinski definition) is 1. The van der Waals surface area contributed by atoms with Crippen LogP contribution in [0.15, 0.2) is 36.5 Å². The van der Waals surface area contributed by atoms with Crippen LogP contribution in [0, 0.1) is 5.92 Å². The van der Waals surface area contributed by atoms with E-state index in [9.17, 15) is 4.79 Å². The average Bonchev–Trinajstić information content (AvgIpc) is 3.46. The Morgan fingerprint density at radius 1 is 1.27 bits per heavy atom. The number of carboxylic acids is 1. The highest BCUT2D eigenvalue weighted by Crippen LogP contribution is 2.35. The minimum atomic E-state index is -1.01. The standard InChI is InChI=1S/C21H26N2O3/c1-4-23(17-7-9-19(21(24)25)22-12-17)16-8-10-20(18(11-16)14(2)3)26-13-15-5-6-15/h7-12,14-15H,4-6,13H2,1-3H3,(H,24,25). The Morgan fingerprint density at radius 2 is 2.00 bits per heavy atom. The maximum absolute atomic E-state index is 11.0. The van der Waals surface area contributed by atoms with Crippen LogP contribution in [-0.2, 0) is 0 Å². The van der Waals surface area contributed by atoms with Crippen LogP contribution >= 0.6 is 0 Å². The third-order valence-electron chi connectivity index (χ3n) is 4.69. The predicted molar refractivity (Wildman–Crippen MR) is 103 cm³/mol. The maximum Gasteiger partial charge on any atom is 0.354 e. The van der Waals surface area contributed by atoms with E-state index in [0.717, 1.165) is 36.2 Å². The summed E-state index contributed by atoms with van der Waals surface area (Å²) < 4.78 is 6.04. The van der Waals surface area contributed by atoms with Crippen LogP contribution < -0.4 is 9.64 Å². The summed E-state index contributed by atoms with van der Waals surface area (Å²) in [6.45, 7) is 7.97. The fourth-order valence-electron chi connectivity index (χ4n) is 2.96. The molecule has 1 N–H and O–H groups in total. The van der Waals surface area contributed by atoms with Crippen molar-refractivity contribution in [2.45, 2.75) is 39.5 Å². The number of carbonyl (C=O) groups is 1. The zero-order valence-electron chi connectivity index (χ0n) is 15.6. The van der Waals surface area contributed by atoms with Crippen molar-refractivity contribution in [1.29, 1.82) is 0 Å². The lowest BCUT2D eigenvalue weighted by atomic mass is 10.0. The highest BCUT2D eigenvalue weighted by Gasteiger charge is 2.23. The van der Waals surface area contributed by atoms with Gasteiger partial charge in [0.2, 0.25) is 0 Å². The molecule has 0 aliphatic heterocycles. The SMILES string of the molecule is CCN(c1ccc(C(=O)O)nc1)c1ccc(OCC2CC2)c(C(C)C)c1. The number of ether oxygens (including phenoxy) is 1. The van der Waals surface area contributed by atoms with Crippen molar-refractivity contribution in [3.05, 3.63) is 47.8 Å². The summed E-state index contributed by atoms with van der Waals surface area (Å²) in [4.78, 5) is 17.2. The first-order chi connectivity index (χ1) is 12.5. The molecule has 0 amide bonds. The molecule has 26 heavy (non-hydrogen) atoms. The predicted octanol–water partition coefficient (Wildman–Crippen LogP) is 4.85. The van der Waals surface area contributed by atoms with Crippen molar-refractivity contribution >= 4 is 17.3 Å². The molecule has 0 bridgehead atoms. The molecule has 1 aliphatic rings. The van der Waals surface area contributed by atoms with Crippen LogP contribution in [0.2, 0.25) is 0 Å². The Hall–Kier alpha value is -2.56. The van der Waals surface area contributed by atoms with Gasteiger partial charge in [0.25, 0.3) is 0 Å². The maximum atomic E-state index is 11.0. The summed E-state index contributed by atoms with van der Waals surface area (Å²) in [5.74, 6) is 1.03. The molecule has 3 rings (SSSR count). The molecule has 0 atom stereocenters. The minimum Gasteiger partial charge on any atom is -0.493 e. The van der Waals surface area contributed by atoms with E-state index < -0.39 is 5.97 Å². The van der Waals surface area contributed by atoms with Crippen LogP contribution in [0.4, 0.5) is 11.4 Å². The molecule has 0 saturated heterocycles. The van der Waals surface area contributed by atoms with E-state index in [0.29, 0.717) is 5.92 Å². The van der Waals surface area contributed by atoms with Crippen molar-refractivity contribution in [2.75, 3.05) is 18.1 Å². The Kier molecular flexibility index (Phi) is 5.45. The quantitative estimate of drug-likeness (QED) is 0.734. The minimum absolute atomic E-state index is 0.0523. The Balaban J connectivity index is 1.87. The Morgan fingerprint density at radius 3 is 2.54 bits per heavy atom. The fourth-order valence-corrected chi connectivity index (χ4v) is 2.96. The molecule has 138 valence electrons. The molecule has 0 spiro atoms. The zero-order valence-corrected chi connectivity index (χ0v) is 15.6. The summed E-state index contributed by atoms with van der Waals surface area (Å²) >= 11 is 0. The summed E-state index contributed by atoms with van der Waals surface area (Å²) in [5, 5.41) is 9.02. The molecular formula is C21H26N2O3. The molecular weight excluding hydrogens is 328 g/mol. The third-order valence-corrected chi connectivity index (χ3v) is 4.69. The van der Waals surface area contributed by atoms with Crippen molar-refractivity contribution < 1.29 is 14.6 Å². The van der Waals surface area contributed by atoms with Crippen LogP contribution in [0.25, 0.3) is 0 Å². The highest BCUT2D eigenvalue weighted by atomic mass is 16.5. The molecule has 5 heteroatoms. The number of benzene rings is 1. The van der Waals surface area contributed by atoms with E-state index in [1.807, 2.05) is 0 Å². The van der Waals surface area contributed by atoms with Gasteiger partial charge in [0.05, 0.1) is 18.5 Å². The Labute approximate surface area is 154 Å². The summed E-state index contributed by atoms with van der Waals surface area (Å²) in [5.41, 5.74) is 3.17. The molecule has 2 aromatic rings. The molecule has 1 heterocycles. The number of aromatic carboxylic acids is 1. The first kappa shape index (κ1) is 18.2. The smallest absolute Gasteiger partial charge is 0.354 e. The van der Waals surface area contributed by atoms with Crippen LogP contribution in [0.1, 0.15) is 55.6 Å². The number of hydrogen-bond acceptors (Lipinski definition) is 4. The van der Waals surface area contributed by atoms with Crippen molar-refractivity contribution in [1.82, 2.24) is 4.98 Å². The second kappa shape index (κ2) is 7.77. The van der Waals surface area contributed by atoms with Crippen LogP contribution in [-0.4, -0.2) is 29.2 Å². The van der Waals surface area contributed by atoms with Crippen molar-refractivity contribution in [3.8, 4) is 5.75 Å². The van der Waals surface area contributed by atoms with Gasteiger partial charge in [-0.1, -0.05) is 13.8 Å². The van der Waals surface area contributed by atoms with Gasteiger partial charge in [-0.3, -0.25) is 0 Å². The summed E-state index contributed by atoms with van der Waals surface area (Å²) in [7, 11) is 0. The normalized spacial score (nSPS) is 13.7. The fraction of sp³-hybridized carbons (Fsp3) is 0.429. The monoisotopic (exact) mass is 354 g/mol. The van der Waals surface area contributed by atoms with Gasteiger partial charge in [-0.25, -0.2) is 9.78 Å². The van der Waals surface area contributed by atoms with E-state index in [1.165, 1.54) is 24.5 Å². The number of pyridine rings is 1. The molecule has 1 aromatic carbocycles. The van der Waals surface area contributed by atoms with Gasteiger partial charge in [-0.05, 0) is 67.5 Å². The van der Waals surface area contributed by atoms with Crippen LogP contribution in [0.3, 0.4) is 0 Å². The average molecular weight is 354 g/mol. The van der Waals surface area contributed by atoms with Crippen molar-refractivity contribution in [3.63, 3.8) is 0 Å². The largest absolute Gasteiger partial charge is 0.493 e. The molecule has 0 radical (unpaired) electrons. The highest BCUT2D eigenvalue weighted by molar-refractivity contribution is 5.85. The lowest BCUT2D eigenvalue weighted by Crippen LogP contribution is -2.17. The topological polar surface area (TPSA) is 62.7 Å². The first-order valence-electron chi connectivity index (χ1n) is 9.23. The Bertz CT molecular complexity index is 767. The molecule has 1 aromatic heterocycles. The number of nitrogens with zero attached hydrogens (tertiary/aromatic N) is 2. The second-order valence-electron chi connectivity index (χ2n) is 7.08. The van der Waals surface area contributed by atoms with E-state index in [1.54, 1.807) is 12.3 Å². The van der Waals surface area contributed by atoms with Crippen molar-refractivity contribution in [2.24, 2.45) is 5.92 Å². The second-order valence-corrected chi connectivity index (χ2v) is 7.08. The van der Waals surface area contributed by atoms with Gasteiger partial charge in [-0.15, -0.1) is 0 Å². The van der Waals surface area contributed by atoms with Gasteiger partial charge in [0, 0.05) is 12.2 Å². The van der Waals surface area contributed by atoms with E-state index >= 15 is 0 Å². The number of rotatable bonds is 8. The summed E-state index contributed by atoms with van der Waals surface area (Å²) in [6.07, 6.45) is 4.16. The molecule has 1 fully saturated rings. The van der Waals surface area contributed by atoms with Gasteiger partial charge in [-0.2, -0.15) is 0 Å². The first-order valence-corrected chi connectivity index (χ1v) is 9.23. The third kappa shape index (κ3) is 4.15. The van der Waals surface area contributed by atoms with Gasteiger partial charge in [0.15, 0.2) is 0 Å². The van der Waals surface area contributed by atoms with E-state index in [2.05, 4.69) is 48.9 Å². The van der Waals surface area contributed by atoms with Gasteiger partial charge >= 0.3 is 5.97 Å². The zero-order chi connectivity index (χ0) is 18.7. The van der Waals surface area contributed by atoms with E-state index in [-0.39, 0.29) is 5.69 Å². The molecule has 5 nitrogen and oxygen atoms in total. The van der Waals surface area contributed by atoms with Crippen LogP contribution in [0.5, 0.6) is 5.75 Å². The lowest BCUT2D eigenvalue weighted by molar-refractivity contribution is 0.0690. The number of aromatic nitrogens is 1. The molecule has 1 aliphatic carbocycles. The van der Waals surface area contributed by atoms with Gasteiger partial charge < -0.3 is 14.7 Å². The van der Waals surface area contributed by atoms with Gasteiger partial charge in [0.1, 0.15) is 11.4 Å². The lowest BCUT2D eigenvalue weighted by Gasteiger charge is -2.25. The number of carboxylic acid groups (broad SMARTS) is 1. The number of anilines is 2. The molecule has 1 saturated carbocycles.